The van der Waals surface area contributed by atoms with Crippen LogP contribution in [0.1, 0.15) is 39.5 Å². The predicted octanol–water partition coefficient (Wildman–Crippen LogP) is 4.27. The molecule has 0 amide bonds. The van der Waals surface area contributed by atoms with Gasteiger partial charge in [0.2, 0.25) is 0 Å². The van der Waals surface area contributed by atoms with Crippen LogP contribution in [0.15, 0.2) is 23.4 Å². The van der Waals surface area contributed by atoms with Crippen molar-refractivity contribution < 1.29 is 0 Å². The lowest BCUT2D eigenvalue weighted by Crippen LogP contribution is -2.42. The minimum absolute atomic E-state index is 0.311. The minimum Gasteiger partial charge on any atom is -0.373 e. The van der Waals surface area contributed by atoms with E-state index in [0.29, 0.717) is 15.9 Å². The summed E-state index contributed by atoms with van der Waals surface area (Å²) in [5.41, 5.74) is 2.77. The van der Waals surface area contributed by atoms with E-state index in [2.05, 4.69) is 53.9 Å². The average Bonchev–Trinajstić information content (AvgIpc) is 2.38. The van der Waals surface area contributed by atoms with Gasteiger partial charge in [0, 0.05) is 17.8 Å². The molecule has 0 bridgehead atoms. The Kier molecular flexibility index (Phi) is 4.87. The number of hydrogen-bond acceptors (Lipinski definition) is 2. The van der Waals surface area contributed by atoms with Gasteiger partial charge in [-0.25, -0.2) is 0 Å². The molecule has 100 valence electrons. The van der Waals surface area contributed by atoms with E-state index in [1.165, 1.54) is 30.5 Å². The number of unbranched alkanes of at least 4 members (excludes halogenated alkanes) is 1. The molecule has 2 nitrogen and oxygen atoms in total. The van der Waals surface area contributed by atoms with Crippen LogP contribution in [0.3, 0.4) is 0 Å². The van der Waals surface area contributed by atoms with Crippen molar-refractivity contribution in [2.75, 3.05) is 0 Å². The highest BCUT2D eigenvalue weighted by molar-refractivity contribution is 14.1. The Morgan fingerprint density at radius 3 is 3.00 bits per heavy atom. The quantitative estimate of drug-likeness (QED) is 0.335. The second-order valence-corrected chi connectivity index (χ2v) is 6.79. The molecule has 0 radical (unpaired) electrons. The average molecular weight is 358 g/mol. The Bertz CT molecular complexity index is 373. The minimum atomic E-state index is 0.311. The van der Waals surface area contributed by atoms with Gasteiger partial charge in [-0.15, -0.1) is 0 Å². The topological polar surface area (TPSA) is 35.9 Å². The smallest absolute Gasteiger partial charge is 0.0815 e. The van der Waals surface area contributed by atoms with Crippen LogP contribution < -0.4 is 5.32 Å². The lowest BCUT2D eigenvalue weighted by Gasteiger charge is -2.40. The van der Waals surface area contributed by atoms with Crippen LogP contribution in [-0.2, 0) is 0 Å². The summed E-state index contributed by atoms with van der Waals surface area (Å²) in [6.45, 7) is 4.62. The van der Waals surface area contributed by atoms with E-state index in [-0.39, 0.29) is 0 Å². The summed E-state index contributed by atoms with van der Waals surface area (Å²) >= 11 is 2.55. The molecular formula is C15H23IN2. The number of allylic oxidation sites excluding steroid dienone is 3. The third-order valence-corrected chi connectivity index (χ3v) is 5.44. The molecule has 1 heterocycles. The van der Waals surface area contributed by atoms with E-state index in [0.717, 1.165) is 12.3 Å². The first-order valence-electron chi connectivity index (χ1n) is 7.00. The fraction of sp³-hybridized carbons (Fsp3) is 0.667. The third kappa shape index (κ3) is 2.81. The summed E-state index contributed by atoms with van der Waals surface area (Å²) < 4.78 is 0.545. The largest absolute Gasteiger partial charge is 0.373 e. The van der Waals surface area contributed by atoms with Gasteiger partial charge in [0.1, 0.15) is 0 Å². The molecule has 0 aromatic carbocycles. The van der Waals surface area contributed by atoms with Crippen LogP contribution >= 0.6 is 22.6 Å². The molecule has 1 unspecified atom stereocenters. The summed E-state index contributed by atoms with van der Waals surface area (Å²) in [4.78, 5) is 0. The molecule has 4 atom stereocenters. The highest BCUT2D eigenvalue weighted by Gasteiger charge is 2.35. The highest BCUT2D eigenvalue weighted by atomic mass is 127. The van der Waals surface area contributed by atoms with Crippen molar-refractivity contribution in [3.05, 3.63) is 23.4 Å². The first-order chi connectivity index (χ1) is 8.67. The van der Waals surface area contributed by atoms with E-state index in [1.54, 1.807) is 6.21 Å². The lowest BCUT2D eigenvalue weighted by atomic mass is 9.76. The molecule has 0 aromatic heterocycles. The Morgan fingerprint density at radius 1 is 1.56 bits per heavy atom. The van der Waals surface area contributed by atoms with Crippen molar-refractivity contribution in [2.24, 2.45) is 17.8 Å². The Morgan fingerprint density at radius 2 is 2.33 bits per heavy atom. The maximum Gasteiger partial charge on any atom is 0.0815 e. The van der Waals surface area contributed by atoms with Gasteiger partial charge in [0.05, 0.1) is 4.05 Å². The van der Waals surface area contributed by atoms with E-state index >= 15 is 0 Å². The second kappa shape index (κ2) is 6.22. The van der Waals surface area contributed by atoms with Crippen molar-refractivity contribution in [3.63, 3.8) is 0 Å². The van der Waals surface area contributed by atoms with Crippen LogP contribution in [0, 0.1) is 23.2 Å². The van der Waals surface area contributed by atoms with Crippen LogP contribution in [0.2, 0.25) is 0 Å². The van der Waals surface area contributed by atoms with Crippen molar-refractivity contribution in [1.29, 1.82) is 5.41 Å². The summed E-state index contributed by atoms with van der Waals surface area (Å²) in [7, 11) is 0. The lowest BCUT2D eigenvalue weighted by molar-refractivity contribution is 0.318. The van der Waals surface area contributed by atoms with Gasteiger partial charge in [-0.2, -0.15) is 0 Å². The Labute approximate surface area is 124 Å². The van der Waals surface area contributed by atoms with Gasteiger partial charge < -0.3 is 10.7 Å². The molecule has 0 spiro atoms. The highest BCUT2D eigenvalue weighted by Crippen LogP contribution is 2.40. The van der Waals surface area contributed by atoms with Gasteiger partial charge >= 0.3 is 0 Å². The number of piperidine rings is 1. The normalized spacial score (nSPS) is 35.1. The van der Waals surface area contributed by atoms with Crippen molar-refractivity contribution >= 4 is 28.8 Å². The predicted molar refractivity (Wildman–Crippen MR) is 86.2 cm³/mol. The first-order valence-corrected chi connectivity index (χ1v) is 8.25. The SMILES string of the molecule is CCCC[C@H]1[C@H](I)NC2=CCC(C=N)C=C2[C@H]1C. The number of alkyl halides is 1. The van der Waals surface area contributed by atoms with Crippen LogP contribution in [0.4, 0.5) is 0 Å². The Hall–Kier alpha value is -0.320. The zero-order valence-corrected chi connectivity index (χ0v) is 13.4. The molecule has 3 heteroatoms. The van der Waals surface area contributed by atoms with Crippen LogP contribution in [0.5, 0.6) is 0 Å². The summed E-state index contributed by atoms with van der Waals surface area (Å²) in [6.07, 6.45) is 11.0. The van der Waals surface area contributed by atoms with E-state index in [1.807, 2.05) is 0 Å². The van der Waals surface area contributed by atoms with Crippen molar-refractivity contribution in [2.45, 2.75) is 43.6 Å². The Balaban J connectivity index is 2.17. The van der Waals surface area contributed by atoms with Crippen molar-refractivity contribution in [3.8, 4) is 0 Å². The van der Waals surface area contributed by atoms with E-state index in [9.17, 15) is 0 Å². The van der Waals surface area contributed by atoms with E-state index < -0.39 is 0 Å². The maximum atomic E-state index is 7.45. The molecule has 0 aromatic rings. The molecule has 1 saturated heterocycles. The number of hydrogen-bond donors (Lipinski definition) is 2. The van der Waals surface area contributed by atoms with Gasteiger partial charge in [-0.05, 0) is 30.3 Å². The van der Waals surface area contributed by atoms with Gasteiger partial charge in [0.25, 0.3) is 0 Å². The molecule has 18 heavy (non-hydrogen) atoms. The number of rotatable bonds is 4. The summed E-state index contributed by atoms with van der Waals surface area (Å²) in [5.74, 6) is 1.65. The molecule has 1 fully saturated rings. The monoisotopic (exact) mass is 358 g/mol. The molecule has 2 N–H and O–H groups in total. The van der Waals surface area contributed by atoms with E-state index in [4.69, 9.17) is 5.41 Å². The summed E-state index contributed by atoms with van der Waals surface area (Å²) in [6, 6.07) is 0. The molecule has 2 rings (SSSR count). The first kappa shape index (κ1) is 14.1. The summed E-state index contributed by atoms with van der Waals surface area (Å²) in [5, 5.41) is 11.1. The fourth-order valence-electron chi connectivity index (χ4n) is 2.99. The molecule has 1 aliphatic carbocycles. The van der Waals surface area contributed by atoms with Crippen LogP contribution in [0.25, 0.3) is 0 Å². The number of nitrogens with one attached hydrogen (secondary N) is 2. The molecule has 0 saturated carbocycles. The zero-order chi connectivity index (χ0) is 13.1. The van der Waals surface area contributed by atoms with Gasteiger partial charge in [-0.3, -0.25) is 0 Å². The standard InChI is InChI=1S/C15H23IN2/c1-3-4-5-12-10(2)13-8-11(9-17)6-7-14(13)18-15(12)16/h7-12,15,17-18H,3-6H2,1-2H3/t10-,11?,12+,15+/m0/s1. The van der Waals surface area contributed by atoms with Gasteiger partial charge in [-0.1, -0.05) is 61.4 Å². The fourth-order valence-corrected chi connectivity index (χ4v) is 4.31. The zero-order valence-electron chi connectivity index (χ0n) is 11.2. The number of halogens is 1. The van der Waals surface area contributed by atoms with Crippen molar-refractivity contribution in [1.82, 2.24) is 5.32 Å². The van der Waals surface area contributed by atoms with Crippen LogP contribution in [-0.4, -0.2) is 10.3 Å². The third-order valence-electron chi connectivity index (χ3n) is 4.21. The molecular weight excluding hydrogens is 335 g/mol. The molecule has 1 aliphatic heterocycles. The number of fused-ring (bicyclic) bond motifs is 1. The molecule has 2 aliphatic rings. The maximum absolute atomic E-state index is 7.45. The second-order valence-electron chi connectivity index (χ2n) is 5.45. The van der Waals surface area contributed by atoms with Gasteiger partial charge in [0.15, 0.2) is 0 Å².